The summed E-state index contributed by atoms with van der Waals surface area (Å²) in [7, 11) is 0. The zero-order chi connectivity index (χ0) is 50.1. The summed E-state index contributed by atoms with van der Waals surface area (Å²) >= 11 is 0. The largest absolute Gasteiger partial charge is 0.394 e. The Morgan fingerprint density at radius 3 is 1.25 bits per heavy atom. The highest BCUT2D eigenvalue weighted by Crippen LogP contribution is 2.23. The zero-order valence-electron chi connectivity index (χ0n) is 45.1. The molecule has 7 atom stereocenters. The van der Waals surface area contributed by atoms with Crippen LogP contribution in [0, 0.1) is 0 Å². The van der Waals surface area contributed by atoms with E-state index in [-0.39, 0.29) is 12.5 Å². The first-order valence-corrected chi connectivity index (χ1v) is 29.7. The maximum atomic E-state index is 13.1. The standard InChI is InChI=1S/C60H113NO8/c1-3-5-7-9-11-13-15-17-19-21-23-25-26-27-28-30-31-33-35-37-39-41-43-45-47-49-54(63)53(52-68-60-59(67)58(66)57(65)55(51-62)69-60)61-56(64)50-48-46-44-42-40-38-36-34-32-29-24-22-20-18-16-14-12-10-8-6-4-2/h16,18,22,24,47,49,53-55,57-60,62-63,65-67H,3-15,17,19-21,23,25-46,48,50-52H2,1-2H3,(H,61,64)/b18-16-,24-22-,49-47+. The van der Waals surface area contributed by atoms with Gasteiger partial charge in [-0.15, -0.1) is 0 Å². The van der Waals surface area contributed by atoms with Crippen LogP contribution in [0.1, 0.15) is 284 Å². The Balaban J connectivity index is 2.22. The first kappa shape index (κ1) is 65.4. The molecule has 0 bridgehead atoms. The van der Waals surface area contributed by atoms with E-state index in [2.05, 4.69) is 43.5 Å². The summed E-state index contributed by atoms with van der Waals surface area (Å²) in [5.41, 5.74) is 0. The van der Waals surface area contributed by atoms with Crippen LogP contribution >= 0.6 is 0 Å². The van der Waals surface area contributed by atoms with E-state index in [4.69, 9.17) is 9.47 Å². The fraction of sp³-hybridized carbons (Fsp3) is 0.883. The molecule has 0 spiro atoms. The molecule has 1 amide bonds. The maximum Gasteiger partial charge on any atom is 0.220 e. The lowest BCUT2D eigenvalue weighted by atomic mass is 9.99. The molecule has 69 heavy (non-hydrogen) atoms. The number of rotatable bonds is 51. The molecule has 1 fully saturated rings. The molecule has 9 heteroatoms. The van der Waals surface area contributed by atoms with Gasteiger partial charge in [0.2, 0.25) is 5.91 Å². The van der Waals surface area contributed by atoms with E-state index in [1.165, 1.54) is 218 Å². The van der Waals surface area contributed by atoms with Crippen LogP contribution in [-0.2, 0) is 14.3 Å². The number of allylic oxidation sites excluding steroid dienone is 5. The summed E-state index contributed by atoms with van der Waals surface area (Å²) in [5.74, 6) is -0.178. The average Bonchev–Trinajstić information content (AvgIpc) is 3.35. The summed E-state index contributed by atoms with van der Waals surface area (Å²) in [5, 5.41) is 54.6. The Hall–Kier alpha value is -1.59. The topological polar surface area (TPSA) is 149 Å². The summed E-state index contributed by atoms with van der Waals surface area (Å²) in [6.07, 6.45) is 57.8. The molecule has 0 radical (unpaired) electrons. The number of hydrogen-bond donors (Lipinski definition) is 6. The fourth-order valence-electron chi connectivity index (χ4n) is 9.48. The third kappa shape index (κ3) is 39.6. The lowest BCUT2D eigenvalue weighted by Crippen LogP contribution is -2.60. The predicted molar refractivity (Wildman–Crippen MR) is 290 cm³/mol. The van der Waals surface area contributed by atoms with Gasteiger partial charge < -0.3 is 40.3 Å². The molecule has 0 aromatic carbocycles. The van der Waals surface area contributed by atoms with Crippen molar-refractivity contribution in [2.24, 2.45) is 0 Å². The molecule has 9 nitrogen and oxygen atoms in total. The van der Waals surface area contributed by atoms with Crippen LogP contribution < -0.4 is 5.32 Å². The Bertz CT molecular complexity index is 1180. The molecule has 0 aromatic heterocycles. The molecule has 0 saturated carbocycles. The minimum atomic E-state index is -1.57. The highest BCUT2D eigenvalue weighted by Gasteiger charge is 2.44. The van der Waals surface area contributed by atoms with Crippen LogP contribution in [0.2, 0.25) is 0 Å². The van der Waals surface area contributed by atoms with Crippen molar-refractivity contribution in [2.75, 3.05) is 13.2 Å². The number of unbranched alkanes of at least 4 members (excludes halogenated alkanes) is 37. The highest BCUT2D eigenvalue weighted by molar-refractivity contribution is 5.76. The van der Waals surface area contributed by atoms with Gasteiger partial charge >= 0.3 is 0 Å². The zero-order valence-corrected chi connectivity index (χ0v) is 45.1. The van der Waals surface area contributed by atoms with Gasteiger partial charge in [-0.3, -0.25) is 4.79 Å². The number of amides is 1. The molecule has 0 aromatic rings. The van der Waals surface area contributed by atoms with Crippen molar-refractivity contribution in [1.82, 2.24) is 5.32 Å². The Morgan fingerprint density at radius 2 is 0.855 bits per heavy atom. The second kappa shape index (κ2) is 50.0. The molecule has 7 unspecified atom stereocenters. The Labute approximate surface area is 425 Å². The van der Waals surface area contributed by atoms with E-state index >= 15 is 0 Å². The van der Waals surface area contributed by atoms with E-state index in [0.29, 0.717) is 6.42 Å². The van der Waals surface area contributed by atoms with Crippen molar-refractivity contribution in [3.05, 3.63) is 36.5 Å². The maximum absolute atomic E-state index is 13.1. The Kier molecular flexibility index (Phi) is 47.4. The van der Waals surface area contributed by atoms with Crippen molar-refractivity contribution in [3.8, 4) is 0 Å². The number of carbonyl (C=O) groups excluding carboxylic acids is 1. The number of aliphatic hydroxyl groups excluding tert-OH is 5. The third-order valence-electron chi connectivity index (χ3n) is 14.2. The molecule has 1 aliphatic rings. The van der Waals surface area contributed by atoms with E-state index in [9.17, 15) is 30.3 Å². The van der Waals surface area contributed by atoms with Crippen LogP contribution in [0.5, 0.6) is 0 Å². The van der Waals surface area contributed by atoms with Gasteiger partial charge in [-0.2, -0.15) is 0 Å². The number of aliphatic hydroxyl groups is 5. The quantitative estimate of drug-likeness (QED) is 0.0261. The lowest BCUT2D eigenvalue weighted by Gasteiger charge is -2.40. The van der Waals surface area contributed by atoms with Gasteiger partial charge in [0.1, 0.15) is 24.4 Å². The molecule has 6 N–H and O–H groups in total. The monoisotopic (exact) mass is 976 g/mol. The first-order chi connectivity index (χ1) is 33.8. The smallest absolute Gasteiger partial charge is 0.220 e. The minimum Gasteiger partial charge on any atom is -0.394 e. The molecule has 0 aliphatic carbocycles. The first-order valence-electron chi connectivity index (χ1n) is 29.7. The minimum absolute atomic E-state index is 0.178. The van der Waals surface area contributed by atoms with E-state index in [1.54, 1.807) is 6.08 Å². The summed E-state index contributed by atoms with van der Waals surface area (Å²) in [6, 6.07) is -0.808. The van der Waals surface area contributed by atoms with Gasteiger partial charge in [0.15, 0.2) is 6.29 Å². The normalized spacial score (nSPS) is 19.7. The molecule has 406 valence electrons. The van der Waals surface area contributed by atoms with E-state index in [1.807, 2.05) is 6.08 Å². The molecule has 1 aliphatic heterocycles. The molecule has 1 rings (SSSR count). The lowest BCUT2D eigenvalue weighted by molar-refractivity contribution is -0.302. The van der Waals surface area contributed by atoms with Crippen LogP contribution in [0.25, 0.3) is 0 Å². The van der Waals surface area contributed by atoms with Gasteiger partial charge in [0.05, 0.1) is 25.4 Å². The second-order valence-electron chi connectivity index (χ2n) is 20.8. The van der Waals surface area contributed by atoms with Gasteiger partial charge in [-0.05, 0) is 51.4 Å². The fourth-order valence-corrected chi connectivity index (χ4v) is 9.48. The molecule has 1 heterocycles. The van der Waals surface area contributed by atoms with Gasteiger partial charge in [0.25, 0.3) is 0 Å². The van der Waals surface area contributed by atoms with Crippen molar-refractivity contribution in [1.29, 1.82) is 0 Å². The summed E-state index contributed by atoms with van der Waals surface area (Å²) in [6.45, 7) is 3.80. The average molecular weight is 977 g/mol. The van der Waals surface area contributed by atoms with Gasteiger partial charge in [0, 0.05) is 6.42 Å². The summed E-state index contributed by atoms with van der Waals surface area (Å²) in [4.78, 5) is 13.1. The number of nitrogens with one attached hydrogen (secondary N) is 1. The number of hydrogen-bond acceptors (Lipinski definition) is 8. The van der Waals surface area contributed by atoms with Crippen LogP contribution in [0.15, 0.2) is 36.5 Å². The van der Waals surface area contributed by atoms with Gasteiger partial charge in [-0.25, -0.2) is 0 Å². The highest BCUT2D eigenvalue weighted by atomic mass is 16.7. The summed E-state index contributed by atoms with van der Waals surface area (Å²) < 4.78 is 11.3. The van der Waals surface area contributed by atoms with Crippen LogP contribution in [0.4, 0.5) is 0 Å². The van der Waals surface area contributed by atoms with Crippen molar-refractivity contribution >= 4 is 5.91 Å². The Morgan fingerprint density at radius 1 is 0.493 bits per heavy atom. The van der Waals surface area contributed by atoms with Crippen molar-refractivity contribution in [2.45, 2.75) is 326 Å². The van der Waals surface area contributed by atoms with E-state index < -0.39 is 49.5 Å². The van der Waals surface area contributed by atoms with Crippen LogP contribution in [0.3, 0.4) is 0 Å². The predicted octanol–water partition coefficient (Wildman–Crippen LogP) is 14.7. The van der Waals surface area contributed by atoms with Crippen molar-refractivity contribution < 1.29 is 39.8 Å². The van der Waals surface area contributed by atoms with Gasteiger partial charge in [-0.1, -0.05) is 262 Å². The number of ether oxygens (including phenoxy) is 2. The molecular weight excluding hydrogens is 863 g/mol. The van der Waals surface area contributed by atoms with Crippen LogP contribution in [-0.4, -0.2) is 87.5 Å². The molecule has 1 saturated heterocycles. The van der Waals surface area contributed by atoms with E-state index in [0.717, 1.165) is 44.9 Å². The SMILES string of the molecule is CCCCCCC/C=C\C/C=C\CCCCCCCCCCCC(=O)NC(COC1OC(CO)C(O)C(O)C1O)C(O)/C=C/CCCCCCCCCCCCCCCCCCCCCCCCC. The second-order valence-corrected chi connectivity index (χ2v) is 20.8. The van der Waals surface area contributed by atoms with Crippen molar-refractivity contribution in [3.63, 3.8) is 0 Å². The molecular formula is C60H113NO8. The number of carbonyl (C=O) groups is 1. The third-order valence-corrected chi connectivity index (χ3v) is 14.2.